The maximum Gasteiger partial charge on any atom is 0.416 e. The van der Waals surface area contributed by atoms with Gasteiger partial charge in [-0.05, 0) is 61.7 Å². The lowest BCUT2D eigenvalue weighted by Crippen LogP contribution is -2.24. The second-order valence-electron chi connectivity index (χ2n) is 7.18. The van der Waals surface area contributed by atoms with E-state index >= 15 is 0 Å². The summed E-state index contributed by atoms with van der Waals surface area (Å²) >= 11 is 0. The van der Waals surface area contributed by atoms with Gasteiger partial charge in [0.1, 0.15) is 11.6 Å². The molecule has 0 fully saturated rings. The smallest absolute Gasteiger partial charge is 0.416 e. The second kappa shape index (κ2) is 9.29. The monoisotopic (exact) mass is 449 g/mol. The number of ether oxygens (including phenoxy) is 1. The second-order valence-corrected chi connectivity index (χ2v) is 7.18. The molecule has 170 valence electrons. The van der Waals surface area contributed by atoms with Crippen molar-refractivity contribution in [3.8, 4) is 11.4 Å². The Bertz CT molecular complexity index is 1160. The Morgan fingerprint density at radius 3 is 2.38 bits per heavy atom. The van der Waals surface area contributed by atoms with E-state index in [1.807, 2.05) is 19.1 Å². The zero-order valence-electron chi connectivity index (χ0n) is 17.5. The first-order chi connectivity index (χ1) is 15.1. The van der Waals surface area contributed by atoms with Crippen molar-refractivity contribution in [2.75, 3.05) is 6.61 Å². The Morgan fingerprint density at radius 1 is 1.12 bits per heavy atom. The minimum atomic E-state index is -4.45. The van der Waals surface area contributed by atoms with E-state index in [2.05, 4.69) is 5.10 Å². The van der Waals surface area contributed by atoms with Gasteiger partial charge in [0.2, 0.25) is 0 Å². The van der Waals surface area contributed by atoms with E-state index in [1.165, 1.54) is 16.7 Å². The molecule has 0 saturated carbocycles. The van der Waals surface area contributed by atoms with Gasteiger partial charge in [-0.3, -0.25) is 4.57 Å². The van der Waals surface area contributed by atoms with Crippen molar-refractivity contribution in [2.24, 2.45) is 0 Å². The molecule has 2 aromatic carbocycles. The minimum absolute atomic E-state index is 0.257. The van der Waals surface area contributed by atoms with Gasteiger partial charge in [0.25, 0.3) is 0 Å². The fraction of sp³-hybridized carbons (Fsp3) is 0.318. The van der Waals surface area contributed by atoms with E-state index in [4.69, 9.17) is 9.84 Å². The zero-order valence-corrected chi connectivity index (χ0v) is 17.5. The number of alkyl halides is 3. The molecule has 0 aliphatic carbocycles. The number of aromatic nitrogens is 3. The molecule has 0 radical (unpaired) electrons. The summed E-state index contributed by atoms with van der Waals surface area (Å²) in [7, 11) is 0. The number of carboxylic acid groups (broad SMARTS) is 1. The summed E-state index contributed by atoms with van der Waals surface area (Å²) in [6.45, 7) is 3.55. The Kier molecular flexibility index (Phi) is 6.71. The van der Waals surface area contributed by atoms with E-state index in [-0.39, 0.29) is 5.69 Å². The van der Waals surface area contributed by atoms with Crippen molar-refractivity contribution in [2.45, 2.75) is 39.4 Å². The van der Waals surface area contributed by atoms with Crippen LogP contribution in [0.5, 0.6) is 5.75 Å². The molecule has 0 unspecified atom stereocenters. The summed E-state index contributed by atoms with van der Waals surface area (Å²) in [5, 5.41) is 13.1. The van der Waals surface area contributed by atoms with E-state index < -0.39 is 30.0 Å². The van der Waals surface area contributed by atoms with Crippen molar-refractivity contribution < 1.29 is 27.8 Å². The Morgan fingerprint density at radius 2 is 1.81 bits per heavy atom. The number of aliphatic carboxylic acids is 1. The van der Waals surface area contributed by atoms with Crippen molar-refractivity contribution in [1.82, 2.24) is 14.3 Å². The molecular weight excluding hydrogens is 427 g/mol. The van der Waals surface area contributed by atoms with Gasteiger partial charge in [0.05, 0.1) is 11.3 Å². The SMILES string of the molecule is CCn1c(CCc2ccc(OCC(=O)O)c(C)c2)nn(-c2ccc(C(F)(F)F)cc2)c1=O. The van der Waals surface area contributed by atoms with Gasteiger partial charge in [-0.15, -0.1) is 5.10 Å². The highest BCUT2D eigenvalue weighted by atomic mass is 19.4. The predicted molar refractivity (Wildman–Crippen MR) is 110 cm³/mol. The summed E-state index contributed by atoms with van der Waals surface area (Å²) in [5.41, 5.74) is 0.773. The molecule has 0 spiro atoms. The number of nitrogens with zero attached hydrogens (tertiary/aromatic N) is 3. The highest BCUT2D eigenvalue weighted by molar-refractivity contribution is 5.68. The molecule has 32 heavy (non-hydrogen) atoms. The van der Waals surface area contributed by atoms with E-state index in [1.54, 1.807) is 13.0 Å². The van der Waals surface area contributed by atoms with Crippen LogP contribution in [0.1, 0.15) is 29.4 Å². The molecule has 0 saturated heterocycles. The quantitative estimate of drug-likeness (QED) is 0.568. The molecule has 0 amide bonds. The molecule has 0 aliphatic rings. The predicted octanol–water partition coefficient (Wildman–Crippen LogP) is 3.63. The third kappa shape index (κ3) is 5.19. The van der Waals surface area contributed by atoms with Crippen LogP contribution in [0.25, 0.3) is 5.69 Å². The van der Waals surface area contributed by atoms with Gasteiger partial charge in [-0.2, -0.15) is 17.9 Å². The Labute approximate surface area is 181 Å². The maximum absolute atomic E-state index is 12.8. The number of hydrogen-bond donors (Lipinski definition) is 1. The van der Waals surface area contributed by atoms with Crippen LogP contribution >= 0.6 is 0 Å². The first kappa shape index (κ1) is 23.1. The van der Waals surface area contributed by atoms with E-state index in [9.17, 15) is 22.8 Å². The van der Waals surface area contributed by atoms with Gasteiger partial charge < -0.3 is 9.84 Å². The maximum atomic E-state index is 12.8. The average Bonchev–Trinajstić information content (AvgIpc) is 3.06. The zero-order chi connectivity index (χ0) is 23.5. The summed E-state index contributed by atoms with van der Waals surface area (Å²) in [4.78, 5) is 23.4. The van der Waals surface area contributed by atoms with Crippen LogP contribution in [0.3, 0.4) is 0 Å². The summed E-state index contributed by atoms with van der Waals surface area (Å²) in [6, 6.07) is 9.66. The molecule has 10 heteroatoms. The Hall–Kier alpha value is -3.56. The highest BCUT2D eigenvalue weighted by Gasteiger charge is 2.30. The molecule has 0 aliphatic heterocycles. The highest BCUT2D eigenvalue weighted by Crippen LogP contribution is 2.29. The van der Waals surface area contributed by atoms with Gasteiger partial charge in [-0.25, -0.2) is 9.59 Å². The van der Waals surface area contributed by atoms with Gasteiger partial charge in [-0.1, -0.05) is 12.1 Å². The molecule has 0 atom stereocenters. The number of benzene rings is 2. The molecule has 3 rings (SSSR count). The van der Waals surface area contributed by atoms with Crippen LogP contribution in [0.4, 0.5) is 13.2 Å². The fourth-order valence-corrected chi connectivity index (χ4v) is 3.32. The first-order valence-electron chi connectivity index (χ1n) is 9.90. The van der Waals surface area contributed by atoms with Crippen LogP contribution in [0, 0.1) is 6.92 Å². The van der Waals surface area contributed by atoms with Gasteiger partial charge in [0, 0.05) is 13.0 Å². The lowest BCUT2D eigenvalue weighted by Gasteiger charge is -2.09. The summed E-state index contributed by atoms with van der Waals surface area (Å²) < 4.78 is 46.2. The molecule has 7 nitrogen and oxygen atoms in total. The largest absolute Gasteiger partial charge is 0.482 e. The number of carbonyl (C=O) groups is 1. The van der Waals surface area contributed by atoms with Crippen molar-refractivity contribution in [3.63, 3.8) is 0 Å². The number of rotatable bonds is 8. The third-order valence-corrected chi connectivity index (χ3v) is 4.92. The molecule has 1 aromatic heterocycles. The van der Waals surface area contributed by atoms with Gasteiger partial charge in [0.15, 0.2) is 6.61 Å². The van der Waals surface area contributed by atoms with Gasteiger partial charge >= 0.3 is 17.8 Å². The standard InChI is InChI=1S/C22H22F3N3O4/c1-3-27-19(11-5-15-4-10-18(14(2)12-15)32-13-20(29)30)26-28(21(27)31)17-8-6-16(7-9-17)22(23,24)25/h4,6-10,12H,3,5,11,13H2,1-2H3,(H,29,30). The summed E-state index contributed by atoms with van der Waals surface area (Å²) in [5.74, 6) is -0.0656. The average molecular weight is 449 g/mol. The number of carboxylic acids is 1. The van der Waals surface area contributed by atoms with Crippen LogP contribution in [0.2, 0.25) is 0 Å². The Balaban J connectivity index is 1.79. The number of halogens is 3. The first-order valence-corrected chi connectivity index (χ1v) is 9.90. The van der Waals surface area contributed by atoms with Crippen LogP contribution < -0.4 is 10.4 Å². The fourth-order valence-electron chi connectivity index (χ4n) is 3.32. The molecule has 3 aromatic rings. The number of aryl methyl sites for hydroxylation is 3. The third-order valence-electron chi connectivity index (χ3n) is 4.92. The van der Waals surface area contributed by atoms with E-state index in [0.717, 1.165) is 27.9 Å². The van der Waals surface area contributed by atoms with Crippen LogP contribution in [-0.4, -0.2) is 32.0 Å². The lowest BCUT2D eigenvalue weighted by molar-refractivity contribution is -0.139. The lowest BCUT2D eigenvalue weighted by atomic mass is 10.1. The summed E-state index contributed by atoms with van der Waals surface area (Å²) in [6.07, 6.45) is -3.46. The molecule has 1 N–H and O–H groups in total. The van der Waals surface area contributed by atoms with Crippen LogP contribution in [-0.2, 0) is 30.4 Å². The van der Waals surface area contributed by atoms with Crippen LogP contribution in [0.15, 0.2) is 47.3 Å². The number of hydrogen-bond acceptors (Lipinski definition) is 4. The molecular formula is C22H22F3N3O4. The van der Waals surface area contributed by atoms with Crippen molar-refractivity contribution in [1.29, 1.82) is 0 Å². The van der Waals surface area contributed by atoms with Crippen molar-refractivity contribution in [3.05, 3.63) is 75.5 Å². The normalized spacial score (nSPS) is 11.5. The topological polar surface area (TPSA) is 86.3 Å². The van der Waals surface area contributed by atoms with E-state index in [0.29, 0.717) is 31.0 Å². The minimum Gasteiger partial charge on any atom is -0.482 e. The molecule has 0 bridgehead atoms. The van der Waals surface area contributed by atoms with Crippen molar-refractivity contribution >= 4 is 5.97 Å². The molecule has 1 heterocycles.